The van der Waals surface area contributed by atoms with Crippen LogP contribution in [0.3, 0.4) is 0 Å². The van der Waals surface area contributed by atoms with Crippen molar-refractivity contribution in [3.8, 4) is 0 Å². The highest BCUT2D eigenvalue weighted by Crippen LogP contribution is 2.43. The Morgan fingerprint density at radius 2 is 1.65 bits per heavy atom. The molecule has 0 saturated heterocycles. The second kappa shape index (κ2) is 5.10. The number of hydrogen-bond acceptors (Lipinski definition) is 5. The number of thiophene rings is 3. The van der Waals surface area contributed by atoms with E-state index in [2.05, 4.69) is 26.0 Å². The third-order valence-electron chi connectivity index (χ3n) is 2.34. The summed E-state index contributed by atoms with van der Waals surface area (Å²) in [4.78, 5) is 19.2. The summed E-state index contributed by atoms with van der Waals surface area (Å²) in [6.07, 6.45) is 1.41. The SMILES string of the molecule is CCc1cc2sc3cc(C)sc3c2s1.O=C=O. The standard InChI is InChI=1S/C11H10S3.CO2/c1-3-7-5-9-11(13-7)10-8(14-9)4-6(2)12-10;2-1-3/h4-5H,3H2,1-2H3;. The zero-order chi connectivity index (χ0) is 12.4. The van der Waals surface area contributed by atoms with Crippen molar-refractivity contribution in [2.75, 3.05) is 0 Å². The van der Waals surface area contributed by atoms with E-state index in [-0.39, 0.29) is 6.15 Å². The van der Waals surface area contributed by atoms with E-state index in [4.69, 9.17) is 9.59 Å². The van der Waals surface area contributed by atoms with Gasteiger partial charge in [-0.05, 0) is 25.5 Å². The number of fused-ring (bicyclic) bond motifs is 3. The van der Waals surface area contributed by atoms with E-state index in [0.29, 0.717) is 0 Å². The fourth-order valence-electron chi connectivity index (χ4n) is 1.67. The lowest BCUT2D eigenvalue weighted by Gasteiger charge is -1.82. The van der Waals surface area contributed by atoms with E-state index in [9.17, 15) is 0 Å². The molecule has 0 aromatic carbocycles. The predicted octanol–water partition coefficient (Wildman–Crippen LogP) is 4.46. The molecular weight excluding hydrogens is 272 g/mol. The van der Waals surface area contributed by atoms with Gasteiger partial charge in [0.05, 0.1) is 9.40 Å². The van der Waals surface area contributed by atoms with Crippen LogP contribution in [0.25, 0.3) is 18.8 Å². The first-order chi connectivity index (χ1) is 8.19. The van der Waals surface area contributed by atoms with Crippen molar-refractivity contribution in [3.05, 3.63) is 21.9 Å². The summed E-state index contributed by atoms with van der Waals surface area (Å²) in [5.41, 5.74) is 0. The molecule has 0 aliphatic heterocycles. The molecule has 0 spiro atoms. The van der Waals surface area contributed by atoms with Crippen LogP contribution in [0.2, 0.25) is 0 Å². The van der Waals surface area contributed by atoms with Gasteiger partial charge in [-0.3, -0.25) is 0 Å². The summed E-state index contributed by atoms with van der Waals surface area (Å²) >= 11 is 5.84. The first kappa shape index (κ1) is 12.5. The van der Waals surface area contributed by atoms with Crippen LogP contribution in [0, 0.1) is 6.92 Å². The lowest BCUT2D eigenvalue weighted by molar-refractivity contribution is -0.191. The zero-order valence-electron chi connectivity index (χ0n) is 9.40. The molecule has 0 aliphatic rings. The highest BCUT2D eigenvalue weighted by molar-refractivity contribution is 7.38. The molecule has 0 N–H and O–H groups in total. The van der Waals surface area contributed by atoms with Crippen molar-refractivity contribution in [3.63, 3.8) is 0 Å². The molecule has 0 amide bonds. The monoisotopic (exact) mass is 282 g/mol. The van der Waals surface area contributed by atoms with Crippen LogP contribution in [0.1, 0.15) is 16.7 Å². The van der Waals surface area contributed by atoms with Crippen LogP contribution in [0.15, 0.2) is 12.1 Å². The van der Waals surface area contributed by atoms with Crippen molar-refractivity contribution in [1.29, 1.82) is 0 Å². The molecule has 0 atom stereocenters. The van der Waals surface area contributed by atoms with E-state index in [0.717, 1.165) is 6.42 Å². The molecule has 3 aromatic heterocycles. The Kier molecular flexibility index (Phi) is 3.74. The molecule has 5 heteroatoms. The Hall–Kier alpha value is -1.00. The van der Waals surface area contributed by atoms with Gasteiger partial charge in [-0.15, -0.1) is 34.0 Å². The van der Waals surface area contributed by atoms with Gasteiger partial charge in [-0.25, -0.2) is 0 Å². The molecule has 17 heavy (non-hydrogen) atoms. The molecule has 0 saturated carbocycles. The lowest BCUT2D eigenvalue weighted by atomic mass is 10.4. The number of carbonyl (C=O) groups excluding carboxylic acids is 2. The summed E-state index contributed by atoms with van der Waals surface area (Å²) in [7, 11) is 0. The number of hydrogen-bond donors (Lipinski definition) is 0. The molecule has 0 aliphatic carbocycles. The van der Waals surface area contributed by atoms with Crippen molar-refractivity contribution in [2.45, 2.75) is 20.3 Å². The molecule has 3 rings (SSSR count). The van der Waals surface area contributed by atoms with Gasteiger partial charge in [0.25, 0.3) is 0 Å². The zero-order valence-corrected chi connectivity index (χ0v) is 11.9. The van der Waals surface area contributed by atoms with Crippen molar-refractivity contribution >= 4 is 59.0 Å². The van der Waals surface area contributed by atoms with Crippen LogP contribution in [0.4, 0.5) is 0 Å². The summed E-state index contributed by atoms with van der Waals surface area (Å²) in [5.74, 6) is 0. The van der Waals surface area contributed by atoms with Gasteiger partial charge >= 0.3 is 6.15 Å². The van der Waals surface area contributed by atoms with Crippen molar-refractivity contribution in [2.24, 2.45) is 0 Å². The highest BCUT2D eigenvalue weighted by atomic mass is 32.1. The van der Waals surface area contributed by atoms with Crippen molar-refractivity contribution in [1.82, 2.24) is 0 Å². The Balaban J connectivity index is 0.000000329. The molecule has 0 radical (unpaired) electrons. The maximum Gasteiger partial charge on any atom is 0.373 e. The smallest absolute Gasteiger partial charge is 0.186 e. The van der Waals surface area contributed by atoms with Gasteiger partial charge in [0.15, 0.2) is 0 Å². The normalized spacial score (nSPS) is 10.2. The van der Waals surface area contributed by atoms with E-state index in [1.165, 1.54) is 28.6 Å². The largest absolute Gasteiger partial charge is 0.373 e. The molecular formula is C12H10O2S3. The van der Waals surface area contributed by atoms with E-state index in [1.807, 2.05) is 34.0 Å². The van der Waals surface area contributed by atoms with Crippen LogP contribution >= 0.6 is 34.0 Å². The third kappa shape index (κ3) is 2.33. The summed E-state index contributed by atoms with van der Waals surface area (Å²) in [5, 5.41) is 0. The van der Waals surface area contributed by atoms with Crippen LogP contribution < -0.4 is 0 Å². The summed E-state index contributed by atoms with van der Waals surface area (Å²) in [6.45, 7) is 4.42. The number of aryl methyl sites for hydroxylation is 2. The summed E-state index contributed by atoms with van der Waals surface area (Å²) in [6, 6.07) is 4.66. The van der Waals surface area contributed by atoms with Crippen LogP contribution in [-0.4, -0.2) is 6.15 Å². The van der Waals surface area contributed by atoms with Gasteiger partial charge in [-0.1, -0.05) is 6.92 Å². The van der Waals surface area contributed by atoms with E-state index >= 15 is 0 Å². The first-order valence-electron chi connectivity index (χ1n) is 5.10. The Morgan fingerprint density at radius 3 is 2.29 bits per heavy atom. The minimum absolute atomic E-state index is 0.250. The maximum absolute atomic E-state index is 8.12. The Bertz CT molecular complexity index is 681. The average molecular weight is 282 g/mol. The quantitative estimate of drug-likeness (QED) is 0.660. The molecule has 3 aromatic rings. The summed E-state index contributed by atoms with van der Waals surface area (Å²) < 4.78 is 5.97. The fraction of sp³-hybridized carbons (Fsp3) is 0.250. The minimum Gasteiger partial charge on any atom is -0.186 e. The second-order valence-electron chi connectivity index (χ2n) is 3.50. The van der Waals surface area contributed by atoms with Gasteiger partial charge in [0.2, 0.25) is 0 Å². The topological polar surface area (TPSA) is 34.1 Å². The van der Waals surface area contributed by atoms with Crippen LogP contribution in [-0.2, 0) is 16.0 Å². The predicted molar refractivity (Wildman–Crippen MR) is 74.2 cm³/mol. The molecule has 88 valence electrons. The number of rotatable bonds is 1. The first-order valence-corrected chi connectivity index (χ1v) is 7.55. The maximum atomic E-state index is 8.12. The third-order valence-corrected chi connectivity index (χ3v) is 6.18. The van der Waals surface area contributed by atoms with Gasteiger partial charge in [0, 0.05) is 19.2 Å². The minimum atomic E-state index is 0.250. The Morgan fingerprint density at radius 1 is 1.06 bits per heavy atom. The average Bonchev–Trinajstić information content (AvgIpc) is 2.89. The van der Waals surface area contributed by atoms with E-state index in [1.54, 1.807) is 0 Å². The van der Waals surface area contributed by atoms with Crippen molar-refractivity contribution < 1.29 is 9.59 Å². The van der Waals surface area contributed by atoms with Gasteiger partial charge in [0.1, 0.15) is 0 Å². The lowest BCUT2D eigenvalue weighted by Crippen LogP contribution is -1.64. The van der Waals surface area contributed by atoms with Crippen LogP contribution in [0.5, 0.6) is 0 Å². The molecule has 0 fully saturated rings. The Labute approximate surface area is 111 Å². The molecule has 0 bridgehead atoms. The van der Waals surface area contributed by atoms with E-state index < -0.39 is 0 Å². The highest BCUT2D eigenvalue weighted by Gasteiger charge is 2.10. The van der Waals surface area contributed by atoms with Gasteiger partial charge in [-0.2, -0.15) is 9.59 Å². The molecule has 0 unspecified atom stereocenters. The fourth-order valence-corrected chi connectivity index (χ4v) is 5.57. The molecule has 3 heterocycles. The second-order valence-corrected chi connectivity index (χ2v) is 6.97. The van der Waals surface area contributed by atoms with Gasteiger partial charge < -0.3 is 0 Å². The molecule has 2 nitrogen and oxygen atoms in total.